The highest BCUT2D eigenvalue weighted by Crippen LogP contribution is 2.21. The summed E-state index contributed by atoms with van der Waals surface area (Å²) >= 11 is 0. The predicted molar refractivity (Wildman–Crippen MR) is 59.8 cm³/mol. The maximum absolute atomic E-state index is 13.0. The maximum Gasteiger partial charge on any atom is 0.187 e. The van der Waals surface area contributed by atoms with Gasteiger partial charge >= 0.3 is 0 Å². The molecule has 96 valence electrons. The van der Waals surface area contributed by atoms with Gasteiger partial charge in [0.2, 0.25) is 0 Å². The number of hydrogen-bond donors (Lipinski definition) is 2. The Morgan fingerprint density at radius 1 is 1.22 bits per heavy atom. The molecule has 0 aliphatic heterocycles. The summed E-state index contributed by atoms with van der Waals surface area (Å²) in [5.74, 6) is -2.25. The highest BCUT2D eigenvalue weighted by atomic mass is 19.1. The molecule has 1 aromatic heterocycles. The van der Waals surface area contributed by atoms with Crippen LogP contribution in [0.15, 0.2) is 22.7 Å². The third-order valence-corrected chi connectivity index (χ3v) is 2.38. The molecule has 6 heteroatoms. The molecule has 0 saturated carbocycles. The highest BCUT2D eigenvalue weighted by Gasteiger charge is 2.09. The minimum atomic E-state index is -0.970. The van der Waals surface area contributed by atoms with Gasteiger partial charge in [-0.25, -0.2) is 8.78 Å². The number of halogens is 2. The van der Waals surface area contributed by atoms with Crippen molar-refractivity contribution in [1.29, 1.82) is 0 Å². The Hall–Kier alpha value is -1.95. The Kier molecular flexibility index (Phi) is 3.57. The molecule has 0 amide bonds. The Labute approximate surface area is 102 Å². The van der Waals surface area contributed by atoms with Crippen molar-refractivity contribution in [3.63, 3.8) is 0 Å². The molecule has 2 aromatic rings. The van der Waals surface area contributed by atoms with E-state index in [1.165, 1.54) is 0 Å². The second-order valence-corrected chi connectivity index (χ2v) is 3.95. The maximum atomic E-state index is 13.0. The molecule has 0 unspecified atom stereocenters. The summed E-state index contributed by atoms with van der Waals surface area (Å²) in [5, 5.41) is 15.6. The summed E-state index contributed by atoms with van der Waals surface area (Å²) in [6, 6.07) is 3.93. The van der Waals surface area contributed by atoms with Crippen LogP contribution < -0.4 is 5.32 Å². The van der Waals surface area contributed by atoms with E-state index in [0.717, 1.165) is 17.8 Å². The molecular weight excluding hydrogens is 242 g/mol. The molecule has 18 heavy (non-hydrogen) atoms. The van der Waals surface area contributed by atoms with Gasteiger partial charge in [0, 0.05) is 12.6 Å². The zero-order chi connectivity index (χ0) is 13.1. The molecule has 0 fully saturated rings. The van der Waals surface area contributed by atoms with Gasteiger partial charge in [-0.05, 0) is 24.6 Å². The zero-order valence-electron chi connectivity index (χ0n) is 9.70. The van der Waals surface area contributed by atoms with Crippen LogP contribution in [0.3, 0.4) is 0 Å². The number of nitrogens with one attached hydrogen (secondary N) is 1. The van der Waals surface area contributed by atoms with E-state index in [9.17, 15) is 8.78 Å². The molecule has 0 bridgehead atoms. The van der Waals surface area contributed by atoms with Crippen molar-refractivity contribution in [2.45, 2.75) is 20.0 Å². The summed E-state index contributed by atoms with van der Waals surface area (Å²) in [7, 11) is 0. The number of nitrogens with zero attached hydrogens (tertiary/aromatic N) is 1. The third-order valence-electron chi connectivity index (χ3n) is 2.38. The molecule has 0 aliphatic carbocycles. The van der Waals surface area contributed by atoms with Gasteiger partial charge in [-0.2, -0.15) is 0 Å². The first-order valence-electron chi connectivity index (χ1n) is 5.36. The summed E-state index contributed by atoms with van der Waals surface area (Å²) in [6.07, 6.45) is 0. The average Bonchev–Trinajstić information content (AvgIpc) is 2.72. The first-order chi connectivity index (χ1) is 8.56. The quantitative estimate of drug-likeness (QED) is 0.878. The monoisotopic (exact) mass is 254 g/mol. The molecule has 0 spiro atoms. The van der Waals surface area contributed by atoms with E-state index in [1.807, 2.05) is 0 Å². The standard InChI is InChI=1S/C12H12F2N2O2/c1-7-2-9(18-16-7)6-15-5-8-3-10(13)12(17)11(14)4-8/h2-4,15,17H,5-6H2,1H3. The molecule has 0 saturated heterocycles. The van der Waals surface area contributed by atoms with Crippen molar-refractivity contribution < 1.29 is 18.4 Å². The summed E-state index contributed by atoms with van der Waals surface area (Å²) in [5.41, 5.74) is 1.17. The fourth-order valence-electron chi connectivity index (χ4n) is 1.55. The zero-order valence-corrected chi connectivity index (χ0v) is 9.70. The fourth-order valence-corrected chi connectivity index (χ4v) is 1.55. The van der Waals surface area contributed by atoms with Crippen molar-refractivity contribution in [1.82, 2.24) is 10.5 Å². The van der Waals surface area contributed by atoms with Crippen LogP contribution in [-0.4, -0.2) is 10.3 Å². The van der Waals surface area contributed by atoms with Crippen LogP contribution >= 0.6 is 0 Å². The van der Waals surface area contributed by atoms with Crippen LogP contribution in [0, 0.1) is 18.6 Å². The van der Waals surface area contributed by atoms with Crippen LogP contribution in [0.25, 0.3) is 0 Å². The van der Waals surface area contributed by atoms with E-state index in [1.54, 1.807) is 13.0 Å². The van der Waals surface area contributed by atoms with Crippen LogP contribution in [0.2, 0.25) is 0 Å². The lowest BCUT2D eigenvalue weighted by Gasteiger charge is -2.04. The van der Waals surface area contributed by atoms with E-state index in [2.05, 4.69) is 10.5 Å². The minimum absolute atomic E-state index is 0.258. The van der Waals surface area contributed by atoms with Gasteiger partial charge in [-0.1, -0.05) is 5.16 Å². The van der Waals surface area contributed by atoms with E-state index < -0.39 is 17.4 Å². The highest BCUT2D eigenvalue weighted by molar-refractivity contribution is 5.29. The van der Waals surface area contributed by atoms with E-state index in [-0.39, 0.29) is 6.54 Å². The molecule has 0 radical (unpaired) electrons. The Bertz CT molecular complexity index is 532. The number of aromatic nitrogens is 1. The summed E-state index contributed by atoms with van der Waals surface area (Å²) in [6.45, 7) is 2.47. The van der Waals surface area contributed by atoms with Crippen molar-refractivity contribution >= 4 is 0 Å². The van der Waals surface area contributed by atoms with E-state index in [0.29, 0.717) is 17.9 Å². The smallest absolute Gasteiger partial charge is 0.187 e. The molecule has 2 rings (SSSR count). The fraction of sp³-hybridized carbons (Fsp3) is 0.250. The lowest BCUT2D eigenvalue weighted by molar-refractivity contribution is 0.369. The summed E-state index contributed by atoms with van der Waals surface area (Å²) < 4.78 is 31.1. The number of aromatic hydroxyl groups is 1. The average molecular weight is 254 g/mol. The van der Waals surface area contributed by atoms with Gasteiger partial charge < -0.3 is 14.9 Å². The second-order valence-electron chi connectivity index (χ2n) is 3.95. The van der Waals surface area contributed by atoms with Crippen molar-refractivity contribution in [2.75, 3.05) is 0 Å². The minimum Gasteiger partial charge on any atom is -0.503 e. The van der Waals surface area contributed by atoms with Crippen LogP contribution in [-0.2, 0) is 13.1 Å². The topological polar surface area (TPSA) is 58.3 Å². The predicted octanol–water partition coefficient (Wildman–Crippen LogP) is 2.26. The number of aryl methyl sites for hydroxylation is 1. The number of phenols is 1. The van der Waals surface area contributed by atoms with Gasteiger partial charge in [0.05, 0.1) is 12.2 Å². The third kappa shape index (κ3) is 2.84. The lowest BCUT2D eigenvalue weighted by atomic mass is 10.2. The van der Waals surface area contributed by atoms with Crippen LogP contribution in [0.5, 0.6) is 5.75 Å². The van der Waals surface area contributed by atoms with Crippen molar-refractivity contribution in [2.24, 2.45) is 0 Å². The van der Waals surface area contributed by atoms with E-state index in [4.69, 9.17) is 9.63 Å². The van der Waals surface area contributed by atoms with Gasteiger partial charge in [0.15, 0.2) is 23.1 Å². The largest absolute Gasteiger partial charge is 0.503 e. The van der Waals surface area contributed by atoms with Gasteiger partial charge in [-0.15, -0.1) is 0 Å². The number of phenolic OH excluding ortho intramolecular Hbond substituents is 1. The van der Waals surface area contributed by atoms with Gasteiger partial charge in [-0.3, -0.25) is 0 Å². The summed E-state index contributed by atoms with van der Waals surface area (Å²) in [4.78, 5) is 0. The first-order valence-corrected chi connectivity index (χ1v) is 5.36. The van der Waals surface area contributed by atoms with Crippen LogP contribution in [0.1, 0.15) is 17.0 Å². The Morgan fingerprint density at radius 3 is 2.44 bits per heavy atom. The van der Waals surface area contributed by atoms with Crippen molar-refractivity contribution in [3.05, 3.63) is 46.9 Å². The number of rotatable bonds is 4. The van der Waals surface area contributed by atoms with Crippen LogP contribution in [0.4, 0.5) is 8.78 Å². The first kappa shape index (κ1) is 12.5. The number of hydrogen-bond acceptors (Lipinski definition) is 4. The Balaban J connectivity index is 1.94. The molecule has 0 aliphatic rings. The molecule has 1 heterocycles. The molecule has 1 aromatic carbocycles. The van der Waals surface area contributed by atoms with E-state index >= 15 is 0 Å². The normalized spacial score (nSPS) is 10.8. The Morgan fingerprint density at radius 2 is 1.89 bits per heavy atom. The number of benzene rings is 1. The lowest BCUT2D eigenvalue weighted by Crippen LogP contribution is -2.12. The second kappa shape index (κ2) is 5.14. The van der Waals surface area contributed by atoms with Gasteiger partial charge in [0.1, 0.15) is 0 Å². The molecule has 0 atom stereocenters. The molecule has 2 N–H and O–H groups in total. The van der Waals surface area contributed by atoms with Gasteiger partial charge in [0.25, 0.3) is 0 Å². The molecular formula is C12H12F2N2O2. The molecule has 4 nitrogen and oxygen atoms in total. The SMILES string of the molecule is Cc1cc(CNCc2cc(F)c(O)c(F)c2)on1. The van der Waals surface area contributed by atoms with Crippen molar-refractivity contribution in [3.8, 4) is 5.75 Å².